The number of hydrogen-bond donors (Lipinski definition) is 2. The monoisotopic (exact) mass is 447 g/mol. The van der Waals surface area contributed by atoms with Crippen LogP contribution in [0.4, 0.5) is 5.69 Å². The largest absolute Gasteiger partial charge is 0.457 e. The van der Waals surface area contributed by atoms with Gasteiger partial charge in [-0.1, -0.05) is 23.7 Å². The van der Waals surface area contributed by atoms with Gasteiger partial charge in [-0.3, -0.25) is 9.59 Å². The van der Waals surface area contributed by atoms with E-state index in [0.29, 0.717) is 34.2 Å². The summed E-state index contributed by atoms with van der Waals surface area (Å²) in [4.78, 5) is 27.2. The van der Waals surface area contributed by atoms with Crippen LogP contribution in [0.25, 0.3) is 23.0 Å². The number of rotatable bonds is 3. The molecule has 0 atom stereocenters. The summed E-state index contributed by atoms with van der Waals surface area (Å²) in [6, 6.07) is 16.4. The second-order valence-corrected chi connectivity index (χ2v) is 8.32. The molecule has 0 aliphatic carbocycles. The van der Waals surface area contributed by atoms with Gasteiger partial charge in [-0.25, -0.2) is 0 Å². The Labute approximate surface area is 190 Å². The van der Waals surface area contributed by atoms with Gasteiger partial charge < -0.3 is 20.0 Å². The summed E-state index contributed by atoms with van der Waals surface area (Å²) in [5.41, 5.74) is 3.43. The van der Waals surface area contributed by atoms with Crippen LogP contribution in [0.3, 0.4) is 0 Å². The lowest BCUT2D eigenvalue weighted by molar-refractivity contribution is -0.110. The fraction of sp³-hybridized carbons (Fsp3) is 0.200. The smallest absolute Gasteiger partial charge is 0.256 e. The summed E-state index contributed by atoms with van der Waals surface area (Å²) in [5.74, 6) is 1.02. The number of halogens is 1. The average molecular weight is 448 g/mol. The molecular formula is C25H22ClN3O3. The van der Waals surface area contributed by atoms with Gasteiger partial charge in [-0.2, -0.15) is 0 Å². The van der Waals surface area contributed by atoms with Crippen LogP contribution >= 0.6 is 11.6 Å². The van der Waals surface area contributed by atoms with Crippen LogP contribution in [0, 0.1) is 0 Å². The minimum atomic E-state index is -0.195. The van der Waals surface area contributed by atoms with Gasteiger partial charge in [0.25, 0.3) is 11.8 Å². The topological polar surface area (TPSA) is 74.6 Å². The van der Waals surface area contributed by atoms with Gasteiger partial charge in [0.15, 0.2) is 0 Å². The van der Waals surface area contributed by atoms with E-state index in [2.05, 4.69) is 10.6 Å². The maximum absolute atomic E-state index is 13.0. The molecule has 3 heterocycles. The van der Waals surface area contributed by atoms with Crippen molar-refractivity contribution in [1.29, 1.82) is 0 Å². The Morgan fingerprint density at radius 3 is 2.88 bits per heavy atom. The number of furan rings is 1. The van der Waals surface area contributed by atoms with Gasteiger partial charge in [0.2, 0.25) is 0 Å². The minimum absolute atomic E-state index is 0.0283. The summed E-state index contributed by atoms with van der Waals surface area (Å²) in [7, 11) is 0. The first-order valence-corrected chi connectivity index (χ1v) is 11.0. The van der Waals surface area contributed by atoms with Crippen molar-refractivity contribution in [3.8, 4) is 11.3 Å². The zero-order valence-corrected chi connectivity index (χ0v) is 18.1. The van der Waals surface area contributed by atoms with Crippen LogP contribution < -0.4 is 10.6 Å². The van der Waals surface area contributed by atoms with Crippen molar-refractivity contribution in [2.45, 2.75) is 6.42 Å². The molecule has 1 aromatic heterocycles. The molecule has 1 fully saturated rings. The summed E-state index contributed by atoms with van der Waals surface area (Å²) in [6.07, 6.45) is 2.66. The molecule has 2 amide bonds. The van der Waals surface area contributed by atoms with Gasteiger partial charge in [-0.15, -0.1) is 0 Å². The quantitative estimate of drug-likeness (QED) is 0.578. The Morgan fingerprint density at radius 1 is 1.06 bits per heavy atom. The molecule has 0 bridgehead atoms. The van der Waals surface area contributed by atoms with Crippen molar-refractivity contribution < 1.29 is 14.0 Å². The van der Waals surface area contributed by atoms with Crippen molar-refractivity contribution in [1.82, 2.24) is 10.2 Å². The molecule has 5 rings (SSSR count). The summed E-state index contributed by atoms with van der Waals surface area (Å²) in [5, 5.41) is 6.71. The van der Waals surface area contributed by atoms with E-state index in [1.54, 1.807) is 24.3 Å². The van der Waals surface area contributed by atoms with Crippen molar-refractivity contribution in [3.63, 3.8) is 0 Å². The molecule has 2 aliphatic heterocycles. The Balaban J connectivity index is 1.40. The van der Waals surface area contributed by atoms with Crippen LogP contribution in [0.15, 0.2) is 59.0 Å². The summed E-state index contributed by atoms with van der Waals surface area (Å²) >= 11 is 6.10. The molecule has 162 valence electrons. The fourth-order valence-corrected chi connectivity index (χ4v) is 4.24. The van der Waals surface area contributed by atoms with Crippen molar-refractivity contribution in [2.75, 3.05) is 31.5 Å². The van der Waals surface area contributed by atoms with Gasteiger partial charge in [-0.05, 0) is 61.5 Å². The second-order valence-electron chi connectivity index (χ2n) is 7.88. The number of amides is 2. The van der Waals surface area contributed by atoms with Crippen molar-refractivity contribution in [2.24, 2.45) is 0 Å². The van der Waals surface area contributed by atoms with Crippen LogP contribution in [0.1, 0.15) is 28.1 Å². The lowest BCUT2D eigenvalue weighted by Crippen LogP contribution is -2.34. The van der Waals surface area contributed by atoms with Gasteiger partial charge in [0.1, 0.15) is 11.5 Å². The number of nitrogens with zero attached hydrogens (tertiary/aromatic N) is 1. The Hall–Kier alpha value is -3.35. The number of anilines is 1. The maximum atomic E-state index is 13.0. The maximum Gasteiger partial charge on any atom is 0.256 e. The lowest BCUT2D eigenvalue weighted by atomic mass is 10.1. The Kier molecular flexibility index (Phi) is 5.55. The molecule has 3 aromatic rings. The van der Waals surface area contributed by atoms with Crippen molar-refractivity contribution in [3.05, 3.63) is 76.5 Å². The Morgan fingerprint density at radius 2 is 1.97 bits per heavy atom. The number of hydrogen-bond acceptors (Lipinski definition) is 4. The molecule has 32 heavy (non-hydrogen) atoms. The fourth-order valence-electron chi connectivity index (χ4n) is 4.07. The first-order chi connectivity index (χ1) is 15.6. The third-order valence-electron chi connectivity index (χ3n) is 5.70. The number of carbonyl (C=O) groups excluding carboxylic acids is 2. The predicted molar refractivity (Wildman–Crippen MR) is 125 cm³/mol. The molecule has 0 spiro atoms. The molecular weight excluding hydrogens is 426 g/mol. The van der Waals surface area contributed by atoms with E-state index in [-0.39, 0.29) is 11.8 Å². The normalized spacial score (nSPS) is 17.2. The standard InChI is InChI=1S/C25H22ClN3O3/c26-18-5-7-22-20(14-18)21(24(30)28-22)15-19-6-8-23(32-19)16-3-1-4-17(13-16)25(31)29-11-2-9-27-10-12-29/h1,3-8,13-15,27H,2,9-12H2,(H,28,30). The van der Waals surface area contributed by atoms with Crippen LogP contribution in [0.5, 0.6) is 0 Å². The van der Waals surface area contributed by atoms with E-state index in [1.165, 1.54) is 0 Å². The van der Waals surface area contributed by atoms with E-state index >= 15 is 0 Å². The van der Waals surface area contributed by atoms with E-state index < -0.39 is 0 Å². The average Bonchev–Trinajstić information content (AvgIpc) is 3.27. The highest BCUT2D eigenvalue weighted by atomic mass is 35.5. The molecule has 0 saturated carbocycles. The van der Waals surface area contributed by atoms with Crippen LogP contribution in [0.2, 0.25) is 5.02 Å². The number of benzene rings is 2. The second kappa shape index (κ2) is 8.65. The predicted octanol–water partition coefficient (Wildman–Crippen LogP) is 4.53. The highest BCUT2D eigenvalue weighted by Crippen LogP contribution is 2.35. The number of carbonyl (C=O) groups is 2. The highest BCUT2D eigenvalue weighted by Gasteiger charge is 2.25. The lowest BCUT2D eigenvalue weighted by Gasteiger charge is -2.20. The molecule has 2 aromatic carbocycles. The van der Waals surface area contributed by atoms with E-state index in [0.717, 1.165) is 42.9 Å². The van der Waals surface area contributed by atoms with Gasteiger partial charge >= 0.3 is 0 Å². The van der Waals surface area contributed by atoms with E-state index in [9.17, 15) is 9.59 Å². The molecule has 1 saturated heterocycles. The van der Waals surface area contributed by atoms with E-state index in [1.807, 2.05) is 41.3 Å². The first-order valence-electron chi connectivity index (χ1n) is 10.6. The Bertz CT molecular complexity index is 1220. The SMILES string of the molecule is O=C1Nc2ccc(Cl)cc2C1=Cc1ccc(-c2cccc(C(=O)N3CCCNCC3)c2)o1. The molecule has 2 aliphatic rings. The first kappa shape index (κ1) is 20.5. The zero-order valence-electron chi connectivity index (χ0n) is 17.4. The van der Waals surface area contributed by atoms with Crippen LogP contribution in [-0.4, -0.2) is 42.9 Å². The third kappa shape index (κ3) is 4.07. The molecule has 0 radical (unpaired) electrons. The molecule has 2 N–H and O–H groups in total. The van der Waals surface area contributed by atoms with Gasteiger partial charge in [0, 0.05) is 47.0 Å². The van der Waals surface area contributed by atoms with E-state index in [4.69, 9.17) is 16.0 Å². The van der Waals surface area contributed by atoms with Gasteiger partial charge in [0.05, 0.1) is 5.57 Å². The molecule has 0 unspecified atom stereocenters. The summed E-state index contributed by atoms with van der Waals surface area (Å²) < 4.78 is 6.00. The van der Waals surface area contributed by atoms with Crippen molar-refractivity contribution >= 4 is 40.8 Å². The minimum Gasteiger partial charge on any atom is -0.457 e. The summed E-state index contributed by atoms with van der Waals surface area (Å²) in [6.45, 7) is 3.20. The number of fused-ring (bicyclic) bond motifs is 1. The third-order valence-corrected chi connectivity index (χ3v) is 5.93. The van der Waals surface area contributed by atoms with Crippen LogP contribution in [-0.2, 0) is 4.79 Å². The highest BCUT2D eigenvalue weighted by molar-refractivity contribution is 6.36. The molecule has 6 nitrogen and oxygen atoms in total. The zero-order chi connectivity index (χ0) is 22.1. The molecule has 7 heteroatoms. The number of nitrogens with one attached hydrogen (secondary N) is 2.